The average Bonchev–Trinajstić information content (AvgIpc) is 2.68. The molecule has 2 aromatic rings. The summed E-state index contributed by atoms with van der Waals surface area (Å²) in [6.45, 7) is 1.93. The van der Waals surface area contributed by atoms with E-state index >= 15 is 0 Å². The molecule has 0 aliphatic rings. The highest BCUT2D eigenvalue weighted by Crippen LogP contribution is 2.17. The monoisotopic (exact) mass is 251 g/mol. The van der Waals surface area contributed by atoms with E-state index in [1.165, 1.54) is 11.3 Å². The van der Waals surface area contributed by atoms with E-state index in [1.807, 2.05) is 19.1 Å². The number of benzene rings is 1. The van der Waals surface area contributed by atoms with E-state index in [-0.39, 0.29) is 5.78 Å². The summed E-state index contributed by atoms with van der Waals surface area (Å²) in [6, 6.07) is 5.40. The number of hydrogen-bond donors (Lipinski definition) is 0. The lowest BCUT2D eigenvalue weighted by Gasteiger charge is -2.02. The first kappa shape index (κ1) is 11.3. The van der Waals surface area contributed by atoms with Crippen LogP contribution in [0.4, 0.5) is 0 Å². The van der Waals surface area contributed by atoms with Crippen molar-refractivity contribution in [2.75, 3.05) is 0 Å². The number of ketones is 1. The number of nitrogens with zero attached hydrogens (tertiary/aromatic N) is 1. The Morgan fingerprint density at radius 1 is 1.44 bits per heavy atom. The molecule has 16 heavy (non-hydrogen) atoms. The molecule has 2 nitrogen and oxygen atoms in total. The van der Waals surface area contributed by atoms with Crippen molar-refractivity contribution in [3.05, 3.63) is 50.9 Å². The van der Waals surface area contributed by atoms with Crippen molar-refractivity contribution >= 4 is 28.7 Å². The maximum atomic E-state index is 11.9. The van der Waals surface area contributed by atoms with Crippen LogP contribution in [0.1, 0.15) is 20.8 Å². The Balaban J connectivity index is 2.21. The third-order valence-corrected chi connectivity index (χ3v) is 3.18. The van der Waals surface area contributed by atoms with E-state index in [2.05, 4.69) is 4.98 Å². The third kappa shape index (κ3) is 2.68. The summed E-state index contributed by atoms with van der Waals surface area (Å²) in [6.07, 6.45) is 2.12. The van der Waals surface area contributed by atoms with Crippen LogP contribution < -0.4 is 0 Å². The highest BCUT2D eigenvalue weighted by atomic mass is 35.5. The van der Waals surface area contributed by atoms with Crippen LogP contribution in [0.25, 0.3) is 0 Å². The zero-order valence-corrected chi connectivity index (χ0v) is 10.3. The molecule has 0 saturated heterocycles. The first-order valence-electron chi connectivity index (χ1n) is 4.83. The predicted octanol–water partition coefficient (Wildman–Crippen LogP) is 3.53. The standard InChI is InChI=1S/C12H10ClNOS/c1-8-2-9(4-10(13)3-8)12(15)5-11-6-14-7-16-11/h2-4,6-7H,5H2,1H3. The smallest absolute Gasteiger partial charge is 0.168 e. The Bertz CT molecular complexity index is 487. The van der Waals surface area contributed by atoms with Crippen molar-refractivity contribution in [3.63, 3.8) is 0 Å². The lowest BCUT2D eigenvalue weighted by Crippen LogP contribution is -2.02. The zero-order valence-electron chi connectivity index (χ0n) is 8.74. The Labute approximate surface area is 103 Å². The number of carbonyl (C=O) groups is 1. The predicted molar refractivity (Wildman–Crippen MR) is 66.3 cm³/mol. The van der Waals surface area contributed by atoms with Crippen molar-refractivity contribution in [2.45, 2.75) is 13.3 Å². The topological polar surface area (TPSA) is 30.0 Å². The Morgan fingerprint density at radius 2 is 2.25 bits per heavy atom. The van der Waals surface area contributed by atoms with E-state index in [1.54, 1.807) is 17.8 Å². The molecule has 1 aromatic heterocycles. The molecule has 0 saturated carbocycles. The molecule has 0 fully saturated rings. The molecule has 0 amide bonds. The number of aromatic nitrogens is 1. The van der Waals surface area contributed by atoms with E-state index in [0.717, 1.165) is 10.4 Å². The van der Waals surface area contributed by atoms with E-state index < -0.39 is 0 Å². The molecular weight excluding hydrogens is 242 g/mol. The van der Waals surface area contributed by atoms with Gasteiger partial charge in [-0.3, -0.25) is 9.78 Å². The van der Waals surface area contributed by atoms with Crippen LogP contribution in [-0.2, 0) is 6.42 Å². The molecule has 1 heterocycles. The lowest BCUT2D eigenvalue weighted by atomic mass is 10.1. The summed E-state index contributed by atoms with van der Waals surface area (Å²) >= 11 is 7.40. The minimum Gasteiger partial charge on any atom is -0.294 e. The van der Waals surface area contributed by atoms with Crippen LogP contribution in [0.5, 0.6) is 0 Å². The average molecular weight is 252 g/mol. The molecular formula is C12H10ClNOS. The third-order valence-electron chi connectivity index (χ3n) is 2.18. The maximum absolute atomic E-state index is 11.9. The van der Waals surface area contributed by atoms with Gasteiger partial charge in [-0.1, -0.05) is 11.6 Å². The quantitative estimate of drug-likeness (QED) is 0.781. The first-order chi connectivity index (χ1) is 7.65. The number of Topliss-reactive ketones (excluding diaryl/α,β-unsaturated/α-hetero) is 1. The van der Waals surface area contributed by atoms with E-state index in [9.17, 15) is 4.79 Å². The number of hydrogen-bond acceptors (Lipinski definition) is 3. The zero-order chi connectivity index (χ0) is 11.5. The fourth-order valence-corrected chi connectivity index (χ4v) is 2.37. The van der Waals surface area contributed by atoms with Crippen molar-refractivity contribution in [3.8, 4) is 0 Å². The largest absolute Gasteiger partial charge is 0.294 e. The molecule has 0 aliphatic carbocycles. The number of rotatable bonds is 3. The van der Waals surface area contributed by atoms with Crippen molar-refractivity contribution in [1.29, 1.82) is 0 Å². The number of carbonyl (C=O) groups excluding carboxylic acids is 1. The van der Waals surface area contributed by atoms with Crippen molar-refractivity contribution < 1.29 is 4.79 Å². The molecule has 4 heteroatoms. The van der Waals surface area contributed by atoms with Gasteiger partial charge in [0.25, 0.3) is 0 Å². The van der Waals surface area contributed by atoms with Crippen LogP contribution in [-0.4, -0.2) is 10.8 Å². The highest BCUT2D eigenvalue weighted by molar-refractivity contribution is 7.09. The Morgan fingerprint density at radius 3 is 2.88 bits per heavy atom. The van der Waals surface area contributed by atoms with Gasteiger partial charge in [0.1, 0.15) is 0 Å². The molecule has 1 aromatic carbocycles. The molecule has 0 unspecified atom stereocenters. The van der Waals surface area contributed by atoms with Crippen LogP contribution in [0.15, 0.2) is 29.9 Å². The summed E-state index contributed by atoms with van der Waals surface area (Å²) in [5.74, 6) is 0.0786. The normalized spacial score (nSPS) is 10.4. The first-order valence-corrected chi connectivity index (χ1v) is 6.08. The van der Waals surface area contributed by atoms with Gasteiger partial charge < -0.3 is 0 Å². The fraction of sp³-hybridized carbons (Fsp3) is 0.167. The van der Waals surface area contributed by atoms with Gasteiger partial charge in [-0.15, -0.1) is 11.3 Å². The fourth-order valence-electron chi connectivity index (χ4n) is 1.49. The van der Waals surface area contributed by atoms with Gasteiger partial charge in [0, 0.05) is 28.1 Å². The maximum Gasteiger partial charge on any atom is 0.168 e. The number of halogens is 1. The minimum absolute atomic E-state index is 0.0786. The summed E-state index contributed by atoms with van der Waals surface area (Å²) in [4.78, 5) is 16.9. The Kier molecular flexibility index (Phi) is 3.36. The van der Waals surface area contributed by atoms with Gasteiger partial charge in [-0.25, -0.2) is 0 Å². The molecule has 82 valence electrons. The molecule has 0 radical (unpaired) electrons. The lowest BCUT2D eigenvalue weighted by molar-refractivity contribution is 0.0993. The van der Waals surface area contributed by atoms with Crippen LogP contribution in [0, 0.1) is 6.92 Å². The number of thiazole rings is 1. The minimum atomic E-state index is 0.0786. The summed E-state index contributed by atoms with van der Waals surface area (Å²) in [5, 5.41) is 0.604. The summed E-state index contributed by atoms with van der Waals surface area (Å²) in [7, 11) is 0. The van der Waals surface area contributed by atoms with Gasteiger partial charge in [0.05, 0.1) is 5.51 Å². The van der Waals surface area contributed by atoms with Crippen molar-refractivity contribution in [2.24, 2.45) is 0 Å². The molecule has 0 N–H and O–H groups in total. The molecule has 0 bridgehead atoms. The van der Waals surface area contributed by atoms with Crippen LogP contribution in [0.2, 0.25) is 5.02 Å². The van der Waals surface area contributed by atoms with E-state index in [0.29, 0.717) is 17.0 Å². The Hall–Kier alpha value is -1.19. The summed E-state index contributed by atoms with van der Waals surface area (Å²) < 4.78 is 0. The second-order valence-corrected chi connectivity index (χ2v) is 4.99. The van der Waals surface area contributed by atoms with Gasteiger partial charge in [-0.2, -0.15) is 0 Å². The molecule has 0 spiro atoms. The van der Waals surface area contributed by atoms with Crippen molar-refractivity contribution in [1.82, 2.24) is 4.98 Å². The SMILES string of the molecule is Cc1cc(Cl)cc(C(=O)Cc2cncs2)c1. The molecule has 2 rings (SSSR count). The van der Waals surface area contributed by atoms with Crippen LogP contribution in [0.3, 0.4) is 0 Å². The van der Waals surface area contributed by atoms with Crippen LogP contribution >= 0.6 is 22.9 Å². The second kappa shape index (κ2) is 4.76. The van der Waals surface area contributed by atoms with Gasteiger partial charge in [-0.05, 0) is 30.7 Å². The molecule has 0 aliphatic heterocycles. The van der Waals surface area contributed by atoms with E-state index in [4.69, 9.17) is 11.6 Å². The molecule has 0 atom stereocenters. The van der Waals surface area contributed by atoms with Gasteiger partial charge >= 0.3 is 0 Å². The highest BCUT2D eigenvalue weighted by Gasteiger charge is 2.09. The van der Waals surface area contributed by atoms with Gasteiger partial charge in [0.15, 0.2) is 5.78 Å². The number of aryl methyl sites for hydroxylation is 1. The second-order valence-electron chi connectivity index (χ2n) is 3.58. The van der Waals surface area contributed by atoms with Gasteiger partial charge in [0.2, 0.25) is 0 Å². The summed E-state index contributed by atoms with van der Waals surface area (Å²) in [5.41, 5.74) is 3.39.